The van der Waals surface area contributed by atoms with Crippen LogP contribution in [-0.2, 0) is 14.3 Å². The number of piperazine rings is 1. The Labute approximate surface area is 230 Å². The molecule has 1 aromatic rings. The molecule has 1 aromatic carbocycles. The minimum absolute atomic E-state index is 0.0175. The molecule has 1 aliphatic carbocycles. The zero-order valence-corrected chi connectivity index (χ0v) is 23.6. The first-order valence-corrected chi connectivity index (χ1v) is 15.6. The lowest BCUT2D eigenvalue weighted by molar-refractivity contribution is -0.139. The number of primary amides is 1. The number of hydrogen-bond acceptors (Lipinski definition) is 7. The van der Waals surface area contributed by atoms with E-state index in [9.17, 15) is 14.4 Å². The van der Waals surface area contributed by atoms with E-state index < -0.39 is 17.9 Å². The molecule has 4 atom stereocenters. The average molecular weight is 543 g/mol. The third-order valence-corrected chi connectivity index (χ3v) is 10.0. The van der Waals surface area contributed by atoms with Crippen molar-refractivity contribution in [3.63, 3.8) is 0 Å². The molecule has 3 saturated heterocycles. The van der Waals surface area contributed by atoms with E-state index >= 15 is 0 Å². The fraction of sp³-hybridized carbons (Fsp3) is 0.690. The summed E-state index contributed by atoms with van der Waals surface area (Å²) in [7, 11) is 0. The summed E-state index contributed by atoms with van der Waals surface area (Å²) < 4.78 is 5.84. The summed E-state index contributed by atoms with van der Waals surface area (Å²) in [5, 5.41) is 0.0729. The van der Waals surface area contributed by atoms with Gasteiger partial charge in [-0.3, -0.25) is 19.3 Å². The van der Waals surface area contributed by atoms with E-state index in [1.54, 1.807) is 16.7 Å². The Balaban J connectivity index is 1.50. The fourth-order valence-electron chi connectivity index (χ4n) is 7.06. The minimum atomic E-state index is -0.530. The SMILES string of the molecule is CCCN1CCN(c2ccc(C(N)=O)c([C@@H](C(=O)N3C[C@H](SC)[C@H]4OCC(=O)[C@H]43)C3CCCCC3)c2)CC1. The number of thioether (sulfide) groups is 1. The highest BCUT2D eigenvalue weighted by Crippen LogP contribution is 2.43. The summed E-state index contributed by atoms with van der Waals surface area (Å²) in [6.45, 7) is 7.70. The second-order valence-electron chi connectivity index (χ2n) is 11.3. The highest BCUT2D eigenvalue weighted by molar-refractivity contribution is 7.99. The van der Waals surface area contributed by atoms with Gasteiger partial charge in [0, 0.05) is 44.0 Å². The van der Waals surface area contributed by atoms with Crippen molar-refractivity contribution in [3.8, 4) is 0 Å². The zero-order valence-electron chi connectivity index (χ0n) is 22.8. The highest BCUT2D eigenvalue weighted by Gasteiger charge is 2.53. The number of nitrogens with two attached hydrogens (primary N) is 1. The predicted octanol–water partition coefficient (Wildman–Crippen LogP) is 2.89. The molecule has 4 fully saturated rings. The van der Waals surface area contributed by atoms with Gasteiger partial charge >= 0.3 is 0 Å². The maximum atomic E-state index is 14.5. The lowest BCUT2D eigenvalue weighted by atomic mass is 9.74. The van der Waals surface area contributed by atoms with Crippen molar-refractivity contribution in [2.24, 2.45) is 11.7 Å². The Morgan fingerprint density at radius 3 is 2.53 bits per heavy atom. The average Bonchev–Trinajstić information content (AvgIpc) is 3.50. The van der Waals surface area contributed by atoms with Crippen molar-refractivity contribution in [2.45, 2.75) is 68.8 Å². The summed E-state index contributed by atoms with van der Waals surface area (Å²) in [5.41, 5.74) is 8.10. The van der Waals surface area contributed by atoms with Crippen LogP contribution in [0.15, 0.2) is 18.2 Å². The standard InChI is InChI=1S/C29H42N4O4S/c1-3-11-31-12-14-32(15-13-31)20-9-10-21(28(30)35)22(16-20)25(19-7-5-4-6-8-19)29(36)33-17-24(38-2)27-26(33)23(34)18-37-27/h9-10,16,19,24-27H,3-8,11-15,17-18H2,1-2H3,(H2,30,35)/t24-,25-,26+,27+/m0/s1. The Morgan fingerprint density at radius 2 is 1.87 bits per heavy atom. The summed E-state index contributed by atoms with van der Waals surface area (Å²) in [4.78, 5) is 46.7. The van der Waals surface area contributed by atoms with Gasteiger partial charge in [-0.2, -0.15) is 11.8 Å². The molecule has 0 spiro atoms. The topological polar surface area (TPSA) is 96.2 Å². The lowest BCUT2D eigenvalue weighted by Gasteiger charge is -2.37. The largest absolute Gasteiger partial charge is 0.369 e. The van der Waals surface area contributed by atoms with E-state index in [4.69, 9.17) is 10.5 Å². The quantitative estimate of drug-likeness (QED) is 0.540. The number of rotatable bonds is 8. The van der Waals surface area contributed by atoms with Gasteiger partial charge in [0.25, 0.3) is 0 Å². The van der Waals surface area contributed by atoms with Crippen LogP contribution in [0.5, 0.6) is 0 Å². The van der Waals surface area contributed by atoms with E-state index in [1.165, 1.54) is 0 Å². The van der Waals surface area contributed by atoms with Crippen LogP contribution < -0.4 is 10.6 Å². The number of anilines is 1. The Kier molecular flexibility index (Phi) is 8.65. The van der Waals surface area contributed by atoms with E-state index in [2.05, 4.69) is 22.8 Å². The van der Waals surface area contributed by atoms with Gasteiger partial charge in [-0.1, -0.05) is 26.2 Å². The van der Waals surface area contributed by atoms with Gasteiger partial charge < -0.3 is 20.3 Å². The predicted molar refractivity (Wildman–Crippen MR) is 151 cm³/mol. The van der Waals surface area contributed by atoms with Gasteiger partial charge in [-0.15, -0.1) is 0 Å². The number of hydrogen-bond donors (Lipinski definition) is 1. The molecule has 3 aliphatic heterocycles. The van der Waals surface area contributed by atoms with Crippen LogP contribution in [0.25, 0.3) is 0 Å². The van der Waals surface area contributed by atoms with Gasteiger partial charge in [0.2, 0.25) is 11.8 Å². The monoisotopic (exact) mass is 542 g/mol. The number of ketones is 1. The van der Waals surface area contributed by atoms with Crippen LogP contribution in [0.3, 0.4) is 0 Å². The number of ether oxygens (including phenoxy) is 1. The van der Waals surface area contributed by atoms with Crippen molar-refractivity contribution >= 4 is 35.0 Å². The third kappa shape index (κ3) is 5.34. The number of benzene rings is 1. The van der Waals surface area contributed by atoms with Gasteiger partial charge in [0.05, 0.1) is 17.3 Å². The van der Waals surface area contributed by atoms with E-state index in [1.807, 2.05) is 18.4 Å². The normalized spacial score (nSPS) is 27.5. The molecular formula is C29H42N4O4S. The number of carbonyl (C=O) groups excluding carboxylic acids is 3. The first kappa shape index (κ1) is 27.5. The van der Waals surface area contributed by atoms with Gasteiger partial charge in [-0.25, -0.2) is 0 Å². The summed E-state index contributed by atoms with van der Waals surface area (Å²) in [6.07, 6.45) is 8.08. The fourth-order valence-corrected chi connectivity index (χ4v) is 7.86. The molecule has 1 saturated carbocycles. The molecule has 0 radical (unpaired) electrons. The Bertz CT molecular complexity index is 1040. The molecule has 8 nitrogen and oxygen atoms in total. The molecule has 2 amide bonds. The number of likely N-dealkylation sites (tertiary alicyclic amines) is 1. The molecule has 9 heteroatoms. The lowest BCUT2D eigenvalue weighted by Crippen LogP contribution is -2.47. The van der Waals surface area contributed by atoms with Gasteiger partial charge in [0.1, 0.15) is 12.6 Å². The van der Waals surface area contributed by atoms with Crippen LogP contribution in [0.1, 0.15) is 67.3 Å². The van der Waals surface area contributed by atoms with Crippen LogP contribution >= 0.6 is 11.8 Å². The van der Waals surface area contributed by atoms with Gasteiger partial charge in [0.15, 0.2) is 5.78 Å². The Hall–Kier alpha value is -2.10. The third-order valence-electron chi connectivity index (χ3n) is 9.02. The molecule has 0 unspecified atom stereocenters. The van der Waals surface area contributed by atoms with E-state index in [0.29, 0.717) is 12.1 Å². The maximum absolute atomic E-state index is 14.5. The van der Waals surface area contributed by atoms with Crippen LogP contribution in [0, 0.1) is 5.92 Å². The smallest absolute Gasteiger partial charge is 0.249 e. The van der Waals surface area contributed by atoms with Crippen molar-refractivity contribution in [2.75, 3.05) is 57.0 Å². The number of Topliss-reactive ketones (excluding diaryl/α,β-unsaturated/α-hetero) is 1. The molecule has 2 N–H and O–H groups in total. The van der Waals surface area contributed by atoms with Crippen molar-refractivity contribution in [1.29, 1.82) is 0 Å². The second-order valence-corrected chi connectivity index (χ2v) is 12.4. The summed E-state index contributed by atoms with van der Waals surface area (Å²) >= 11 is 1.65. The number of carbonyl (C=O) groups is 3. The molecular weight excluding hydrogens is 500 g/mol. The number of amides is 2. The molecule has 0 bridgehead atoms. The van der Waals surface area contributed by atoms with Crippen LogP contribution in [0.4, 0.5) is 5.69 Å². The van der Waals surface area contributed by atoms with Crippen molar-refractivity contribution in [1.82, 2.24) is 9.80 Å². The molecule has 3 heterocycles. The highest BCUT2D eigenvalue weighted by atomic mass is 32.2. The van der Waals surface area contributed by atoms with Crippen molar-refractivity contribution in [3.05, 3.63) is 29.3 Å². The van der Waals surface area contributed by atoms with E-state index in [-0.39, 0.29) is 35.6 Å². The first-order valence-electron chi connectivity index (χ1n) is 14.3. The first-order chi connectivity index (χ1) is 18.4. The van der Waals surface area contributed by atoms with Gasteiger partial charge in [-0.05, 0) is 61.7 Å². The second kappa shape index (κ2) is 12.0. The molecule has 4 aliphatic rings. The summed E-state index contributed by atoms with van der Waals surface area (Å²) in [6, 6.07) is 5.32. The molecule has 208 valence electrons. The molecule has 5 rings (SSSR count). The zero-order chi connectivity index (χ0) is 26.8. The summed E-state index contributed by atoms with van der Waals surface area (Å²) in [5.74, 6) is -0.940. The Morgan fingerprint density at radius 1 is 1.13 bits per heavy atom. The van der Waals surface area contributed by atoms with Crippen molar-refractivity contribution < 1.29 is 19.1 Å². The molecule has 38 heavy (non-hydrogen) atoms. The maximum Gasteiger partial charge on any atom is 0.249 e. The molecule has 0 aromatic heterocycles. The number of nitrogens with zero attached hydrogens (tertiary/aromatic N) is 3. The minimum Gasteiger partial charge on any atom is -0.369 e. The van der Waals surface area contributed by atoms with E-state index in [0.717, 1.165) is 82.5 Å². The number of fused-ring (bicyclic) bond motifs is 1. The van der Waals surface area contributed by atoms with Crippen LogP contribution in [-0.4, -0.2) is 96.9 Å². The van der Waals surface area contributed by atoms with Crippen LogP contribution in [0.2, 0.25) is 0 Å².